The molecule has 2 atom stereocenters. The number of carbonyl (C=O) groups is 3. The van der Waals surface area contributed by atoms with Crippen LogP contribution in [0.1, 0.15) is 232 Å². The molecule has 2 unspecified atom stereocenters. The summed E-state index contributed by atoms with van der Waals surface area (Å²) in [6.07, 6.45) is 63.6. The SMILES string of the molecule is CC/C=C/C/C=C/C/C=C/C/C=C/C/C=C/CCCCCCCCC(=O)OCC(COCCC(C(=O)[O-])[N+](C)(C)C)OC(=O)CCCCCCCCC/C=C/CCCCCCCCCCCC. The van der Waals surface area contributed by atoms with Gasteiger partial charge in [0.2, 0.25) is 0 Å². The van der Waals surface area contributed by atoms with Crippen LogP contribution in [-0.4, -0.2) is 75.5 Å². The van der Waals surface area contributed by atoms with Crippen molar-refractivity contribution in [2.24, 2.45) is 0 Å². The summed E-state index contributed by atoms with van der Waals surface area (Å²) in [5, 5.41) is 11.7. The van der Waals surface area contributed by atoms with Gasteiger partial charge in [-0.25, -0.2) is 0 Å². The van der Waals surface area contributed by atoms with Gasteiger partial charge in [0.1, 0.15) is 12.6 Å². The molecule has 0 spiro atoms. The normalized spacial score (nSPS) is 13.4. The number of nitrogens with zero attached hydrogens (tertiary/aromatic N) is 1. The molecule has 0 aromatic rings. The van der Waals surface area contributed by atoms with Gasteiger partial charge in [-0.05, 0) is 83.5 Å². The second-order valence-electron chi connectivity index (χ2n) is 19.4. The smallest absolute Gasteiger partial charge is 0.306 e. The van der Waals surface area contributed by atoms with Crippen molar-refractivity contribution in [2.75, 3.05) is 41.0 Å². The highest BCUT2D eigenvalue weighted by Gasteiger charge is 2.25. The van der Waals surface area contributed by atoms with E-state index in [1.54, 1.807) is 21.1 Å². The van der Waals surface area contributed by atoms with Gasteiger partial charge < -0.3 is 28.6 Å². The van der Waals surface area contributed by atoms with Crippen LogP contribution in [0.3, 0.4) is 0 Å². The Morgan fingerprint density at radius 3 is 1.25 bits per heavy atom. The van der Waals surface area contributed by atoms with Crippen LogP contribution in [-0.2, 0) is 28.6 Å². The van der Waals surface area contributed by atoms with E-state index in [0.717, 1.165) is 83.5 Å². The average molecular weight is 938 g/mol. The van der Waals surface area contributed by atoms with Gasteiger partial charge in [0.05, 0.1) is 40.3 Å². The van der Waals surface area contributed by atoms with Crippen LogP contribution < -0.4 is 5.11 Å². The zero-order valence-corrected chi connectivity index (χ0v) is 44.1. The predicted octanol–water partition coefficient (Wildman–Crippen LogP) is 14.9. The summed E-state index contributed by atoms with van der Waals surface area (Å²) in [5.74, 6) is -1.76. The number of hydrogen-bond acceptors (Lipinski definition) is 7. The van der Waals surface area contributed by atoms with Gasteiger partial charge in [0, 0.05) is 19.3 Å². The number of likely N-dealkylation sites (N-methyl/N-ethyl adjacent to an activating group) is 1. The minimum Gasteiger partial charge on any atom is -0.544 e. The molecule has 0 aromatic carbocycles. The number of carboxylic acids is 1. The molecule has 0 heterocycles. The van der Waals surface area contributed by atoms with Gasteiger partial charge in [-0.3, -0.25) is 9.59 Å². The monoisotopic (exact) mass is 938 g/mol. The molecule has 386 valence electrons. The summed E-state index contributed by atoms with van der Waals surface area (Å²) < 4.78 is 17.3. The quantitative estimate of drug-likeness (QED) is 0.0259. The fourth-order valence-electron chi connectivity index (χ4n) is 7.86. The number of rotatable bonds is 49. The van der Waals surface area contributed by atoms with Crippen LogP contribution in [0.2, 0.25) is 0 Å². The lowest BCUT2D eigenvalue weighted by Crippen LogP contribution is -2.55. The third-order valence-electron chi connectivity index (χ3n) is 12.1. The van der Waals surface area contributed by atoms with E-state index >= 15 is 0 Å². The standard InChI is InChI=1S/C59H103NO7/c1-6-8-10-12-14-16-18-20-22-24-26-28-30-31-33-35-37-39-41-43-45-47-49-57(61)66-54-55(53-65-52-51-56(59(63)64)60(3,4)5)67-58(62)50-48-46-44-42-40-38-36-34-32-29-27-25-23-21-19-17-15-13-11-9-7-2/h8,10,14,16,20,22,26,28-29,31-33,55-56H,6-7,9,11-13,15,17-19,21,23-25,27,30,34-54H2,1-5H3/b10-8+,16-14+,22-20+,28-26+,32-29+,33-31+. The highest BCUT2D eigenvalue weighted by atomic mass is 16.6. The maximum absolute atomic E-state index is 12.8. The average Bonchev–Trinajstić information content (AvgIpc) is 3.29. The van der Waals surface area contributed by atoms with Gasteiger partial charge in [0.15, 0.2) is 6.10 Å². The number of allylic oxidation sites excluding steroid dienone is 12. The van der Waals surface area contributed by atoms with E-state index in [-0.39, 0.29) is 42.7 Å². The first kappa shape index (κ1) is 63.8. The maximum Gasteiger partial charge on any atom is 0.306 e. The minimum absolute atomic E-state index is 0.0318. The molecule has 0 bridgehead atoms. The summed E-state index contributed by atoms with van der Waals surface area (Å²) in [6, 6.07) is -0.733. The first-order valence-electron chi connectivity index (χ1n) is 27.5. The van der Waals surface area contributed by atoms with E-state index in [2.05, 4.69) is 86.8 Å². The Labute approximate surface area is 412 Å². The lowest BCUT2D eigenvalue weighted by atomic mass is 10.1. The summed E-state index contributed by atoms with van der Waals surface area (Å²) in [7, 11) is 5.41. The maximum atomic E-state index is 12.8. The summed E-state index contributed by atoms with van der Waals surface area (Å²) in [6.45, 7) is 4.55. The largest absolute Gasteiger partial charge is 0.544 e. The molecule has 8 heteroatoms. The van der Waals surface area contributed by atoms with E-state index in [1.165, 1.54) is 116 Å². The Kier molecular flexibility index (Phi) is 46.8. The Morgan fingerprint density at radius 1 is 0.463 bits per heavy atom. The Balaban J connectivity index is 4.25. The fraction of sp³-hybridized carbons (Fsp3) is 0.746. The van der Waals surface area contributed by atoms with Crippen LogP contribution in [0, 0.1) is 0 Å². The second kappa shape index (κ2) is 49.2. The van der Waals surface area contributed by atoms with Crippen LogP contribution in [0.15, 0.2) is 72.9 Å². The van der Waals surface area contributed by atoms with Crippen molar-refractivity contribution >= 4 is 17.9 Å². The lowest BCUT2D eigenvalue weighted by molar-refractivity contribution is -0.889. The third kappa shape index (κ3) is 47.6. The van der Waals surface area contributed by atoms with Gasteiger partial charge in [0.25, 0.3) is 0 Å². The fourth-order valence-corrected chi connectivity index (χ4v) is 7.86. The molecular formula is C59H103NO7. The van der Waals surface area contributed by atoms with Crippen LogP contribution in [0.25, 0.3) is 0 Å². The number of quaternary nitrogens is 1. The number of carbonyl (C=O) groups excluding carboxylic acids is 3. The van der Waals surface area contributed by atoms with Crippen LogP contribution >= 0.6 is 0 Å². The topological polar surface area (TPSA) is 102 Å². The summed E-state index contributed by atoms with van der Waals surface area (Å²) in [5.41, 5.74) is 0. The minimum atomic E-state index is -1.13. The molecule has 0 aliphatic carbocycles. The van der Waals surface area contributed by atoms with E-state index in [0.29, 0.717) is 12.8 Å². The van der Waals surface area contributed by atoms with Gasteiger partial charge in [-0.2, -0.15) is 0 Å². The van der Waals surface area contributed by atoms with Crippen molar-refractivity contribution in [2.45, 2.75) is 244 Å². The van der Waals surface area contributed by atoms with E-state index in [1.807, 2.05) is 0 Å². The molecule has 0 aliphatic rings. The highest BCUT2D eigenvalue weighted by Crippen LogP contribution is 2.15. The molecule has 8 nitrogen and oxygen atoms in total. The Hall–Kier alpha value is -3.23. The third-order valence-corrected chi connectivity index (χ3v) is 12.1. The summed E-state index contributed by atoms with van der Waals surface area (Å²) in [4.78, 5) is 37.1. The van der Waals surface area contributed by atoms with E-state index < -0.39 is 18.1 Å². The van der Waals surface area contributed by atoms with E-state index in [9.17, 15) is 19.5 Å². The second-order valence-corrected chi connectivity index (χ2v) is 19.4. The molecule has 67 heavy (non-hydrogen) atoms. The number of ether oxygens (including phenoxy) is 3. The van der Waals surface area contributed by atoms with Crippen molar-refractivity contribution in [3.05, 3.63) is 72.9 Å². The predicted molar refractivity (Wildman–Crippen MR) is 282 cm³/mol. The van der Waals surface area contributed by atoms with Crippen LogP contribution in [0.4, 0.5) is 0 Å². The molecular weight excluding hydrogens is 835 g/mol. The van der Waals surface area contributed by atoms with Gasteiger partial charge >= 0.3 is 11.9 Å². The highest BCUT2D eigenvalue weighted by molar-refractivity contribution is 5.70. The summed E-state index contributed by atoms with van der Waals surface area (Å²) >= 11 is 0. The van der Waals surface area contributed by atoms with Crippen molar-refractivity contribution in [3.63, 3.8) is 0 Å². The number of unbranched alkanes of at least 4 members (excludes halogenated alkanes) is 23. The molecule has 0 N–H and O–H groups in total. The Morgan fingerprint density at radius 2 is 0.836 bits per heavy atom. The van der Waals surface area contributed by atoms with Crippen molar-refractivity contribution in [1.29, 1.82) is 0 Å². The molecule has 0 aliphatic heterocycles. The zero-order valence-electron chi connectivity index (χ0n) is 44.1. The van der Waals surface area contributed by atoms with Crippen molar-refractivity contribution < 1.29 is 38.2 Å². The number of aliphatic carboxylic acids is 1. The molecule has 0 saturated heterocycles. The number of carboxylic acid groups (broad SMARTS) is 1. The van der Waals surface area contributed by atoms with E-state index in [4.69, 9.17) is 14.2 Å². The molecule has 0 amide bonds. The van der Waals surface area contributed by atoms with Gasteiger partial charge in [-0.1, -0.05) is 202 Å². The number of esters is 2. The Bertz CT molecular complexity index is 1320. The van der Waals surface area contributed by atoms with Gasteiger partial charge in [-0.15, -0.1) is 0 Å². The van der Waals surface area contributed by atoms with Crippen molar-refractivity contribution in [3.8, 4) is 0 Å². The lowest BCUT2D eigenvalue weighted by Gasteiger charge is -2.34. The number of hydrogen-bond donors (Lipinski definition) is 0. The molecule has 0 rings (SSSR count). The van der Waals surface area contributed by atoms with Crippen LogP contribution in [0.5, 0.6) is 0 Å². The molecule has 0 fully saturated rings. The zero-order chi connectivity index (χ0) is 49.2. The molecule has 0 aromatic heterocycles. The van der Waals surface area contributed by atoms with Crippen molar-refractivity contribution in [1.82, 2.24) is 0 Å². The first-order chi connectivity index (χ1) is 32.6. The molecule has 0 saturated carbocycles. The first-order valence-corrected chi connectivity index (χ1v) is 27.5. The molecule has 0 radical (unpaired) electrons.